The summed E-state index contributed by atoms with van der Waals surface area (Å²) in [6.07, 6.45) is 3.66. The molecule has 1 unspecified atom stereocenters. The number of methoxy groups -OCH3 is 1. The van der Waals surface area contributed by atoms with E-state index in [1.165, 1.54) is 30.6 Å². The number of hydrogen-bond donors (Lipinski definition) is 1. The van der Waals surface area contributed by atoms with E-state index in [2.05, 4.69) is 15.3 Å². The molecule has 0 bridgehead atoms. The Kier molecular flexibility index (Phi) is 2.81. The predicted octanol–water partition coefficient (Wildman–Crippen LogP) is 1.10. The van der Waals surface area contributed by atoms with Gasteiger partial charge in [0.05, 0.1) is 12.6 Å². The SMILES string of the molecule is COCC(N)c1nn2c(C3CCC3)nnc2s1. The summed E-state index contributed by atoms with van der Waals surface area (Å²) in [4.78, 5) is 0.827. The maximum atomic E-state index is 5.96. The fourth-order valence-electron chi connectivity index (χ4n) is 1.97. The quantitative estimate of drug-likeness (QED) is 0.882. The molecule has 3 rings (SSSR count). The fourth-order valence-corrected chi connectivity index (χ4v) is 2.80. The summed E-state index contributed by atoms with van der Waals surface area (Å²) < 4.78 is 6.88. The number of rotatable bonds is 4. The Labute approximate surface area is 103 Å². The molecule has 1 saturated carbocycles. The largest absolute Gasteiger partial charge is 0.383 e. The van der Waals surface area contributed by atoms with Crippen LogP contribution >= 0.6 is 11.3 Å². The van der Waals surface area contributed by atoms with Gasteiger partial charge in [-0.3, -0.25) is 0 Å². The van der Waals surface area contributed by atoms with E-state index in [1.807, 2.05) is 4.52 Å². The average molecular weight is 253 g/mol. The van der Waals surface area contributed by atoms with E-state index in [9.17, 15) is 0 Å². The van der Waals surface area contributed by atoms with Crippen LogP contribution in [0.5, 0.6) is 0 Å². The van der Waals surface area contributed by atoms with Crippen molar-refractivity contribution in [3.05, 3.63) is 10.8 Å². The van der Waals surface area contributed by atoms with Gasteiger partial charge in [0.15, 0.2) is 5.82 Å². The van der Waals surface area contributed by atoms with Crippen LogP contribution in [0.2, 0.25) is 0 Å². The molecule has 2 heterocycles. The van der Waals surface area contributed by atoms with Gasteiger partial charge in [0.1, 0.15) is 5.01 Å². The molecule has 6 nitrogen and oxygen atoms in total. The molecule has 0 radical (unpaired) electrons. The van der Waals surface area contributed by atoms with Crippen LogP contribution in [-0.4, -0.2) is 33.5 Å². The van der Waals surface area contributed by atoms with Crippen molar-refractivity contribution in [3.8, 4) is 0 Å². The van der Waals surface area contributed by atoms with E-state index in [0.717, 1.165) is 15.8 Å². The zero-order valence-electron chi connectivity index (χ0n) is 9.67. The van der Waals surface area contributed by atoms with Crippen LogP contribution in [-0.2, 0) is 4.74 Å². The zero-order chi connectivity index (χ0) is 11.8. The van der Waals surface area contributed by atoms with Gasteiger partial charge in [-0.25, -0.2) is 0 Å². The lowest BCUT2D eigenvalue weighted by Gasteiger charge is -2.22. The first-order valence-electron chi connectivity index (χ1n) is 5.76. The molecule has 0 spiro atoms. The smallest absolute Gasteiger partial charge is 0.234 e. The lowest BCUT2D eigenvalue weighted by molar-refractivity contribution is 0.180. The van der Waals surface area contributed by atoms with Crippen molar-refractivity contribution in [1.29, 1.82) is 0 Å². The molecule has 2 aromatic rings. The Bertz CT molecular complexity index is 518. The number of aromatic nitrogens is 4. The van der Waals surface area contributed by atoms with Gasteiger partial charge in [-0.1, -0.05) is 17.8 Å². The summed E-state index contributed by atoms with van der Waals surface area (Å²) in [5, 5.41) is 13.7. The van der Waals surface area contributed by atoms with Crippen LogP contribution in [0.4, 0.5) is 0 Å². The predicted molar refractivity (Wildman–Crippen MR) is 64.1 cm³/mol. The van der Waals surface area contributed by atoms with Crippen LogP contribution in [0.25, 0.3) is 4.96 Å². The molecule has 2 N–H and O–H groups in total. The van der Waals surface area contributed by atoms with Crippen LogP contribution < -0.4 is 5.73 Å². The second-order valence-electron chi connectivity index (χ2n) is 4.38. The summed E-state index contributed by atoms with van der Waals surface area (Å²) in [7, 11) is 1.64. The van der Waals surface area contributed by atoms with E-state index in [1.54, 1.807) is 7.11 Å². The fraction of sp³-hybridized carbons (Fsp3) is 0.700. The van der Waals surface area contributed by atoms with Crippen molar-refractivity contribution in [3.63, 3.8) is 0 Å². The number of nitrogens with zero attached hydrogens (tertiary/aromatic N) is 4. The molecular formula is C10H15N5OS. The molecule has 1 aliphatic rings. The molecule has 7 heteroatoms. The molecular weight excluding hydrogens is 238 g/mol. The summed E-state index contributed by atoms with van der Waals surface area (Å²) in [5.74, 6) is 1.51. The molecule has 0 aromatic carbocycles. The van der Waals surface area contributed by atoms with Crippen molar-refractivity contribution in [1.82, 2.24) is 19.8 Å². The molecule has 0 aliphatic heterocycles. The minimum absolute atomic E-state index is 0.180. The molecule has 1 fully saturated rings. The van der Waals surface area contributed by atoms with Gasteiger partial charge in [0.25, 0.3) is 0 Å². The van der Waals surface area contributed by atoms with Crippen LogP contribution in [0.15, 0.2) is 0 Å². The van der Waals surface area contributed by atoms with Crippen molar-refractivity contribution < 1.29 is 4.74 Å². The summed E-state index contributed by atoms with van der Waals surface area (Å²) >= 11 is 1.49. The third-order valence-electron chi connectivity index (χ3n) is 3.16. The second kappa shape index (κ2) is 4.32. The highest BCUT2D eigenvalue weighted by molar-refractivity contribution is 7.16. The number of nitrogens with two attached hydrogens (primary N) is 1. The van der Waals surface area contributed by atoms with Gasteiger partial charge in [-0.2, -0.15) is 9.61 Å². The minimum Gasteiger partial charge on any atom is -0.383 e. The first kappa shape index (κ1) is 11.1. The van der Waals surface area contributed by atoms with E-state index < -0.39 is 0 Å². The Balaban J connectivity index is 1.93. The average Bonchev–Trinajstić information content (AvgIpc) is 2.78. The Morgan fingerprint density at radius 3 is 3.00 bits per heavy atom. The third-order valence-corrected chi connectivity index (χ3v) is 4.20. The molecule has 0 saturated heterocycles. The van der Waals surface area contributed by atoms with Gasteiger partial charge >= 0.3 is 0 Å². The lowest BCUT2D eigenvalue weighted by Crippen LogP contribution is -2.17. The van der Waals surface area contributed by atoms with Crippen LogP contribution in [0.1, 0.15) is 42.1 Å². The van der Waals surface area contributed by atoms with Gasteiger partial charge in [-0.05, 0) is 12.8 Å². The van der Waals surface area contributed by atoms with Gasteiger partial charge < -0.3 is 10.5 Å². The van der Waals surface area contributed by atoms with Gasteiger partial charge in [-0.15, -0.1) is 10.2 Å². The first-order valence-corrected chi connectivity index (χ1v) is 6.58. The van der Waals surface area contributed by atoms with Gasteiger partial charge in [0, 0.05) is 13.0 Å². The minimum atomic E-state index is -0.180. The molecule has 17 heavy (non-hydrogen) atoms. The Morgan fingerprint density at radius 1 is 1.53 bits per heavy atom. The second-order valence-corrected chi connectivity index (χ2v) is 5.37. The van der Waals surface area contributed by atoms with Crippen LogP contribution in [0, 0.1) is 0 Å². The normalized spacial score (nSPS) is 18.5. The lowest BCUT2D eigenvalue weighted by atomic mass is 9.85. The highest BCUT2D eigenvalue weighted by Crippen LogP contribution is 2.35. The maximum absolute atomic E-state index is 5.96. The van der Waals surface area contributed by atoms with Crippen molar-refractivity contribution >= 4 is 16.3 Å². The van der Waals surface area contributed by atoms with E-state index in [4.69, 9.17) is 10.5 Å². The van der Waals surface area contributed by atoms with E-state index >= 15 is 0 Å². The zero-order valence-corrected chi connectivity index (χ0v) is 10.5. The summed E-state index contributed by atoms with van der Waals surface area (Å²) in [6.45, 7) is 0.475. The molecule has 92 valence electrons. The monoisotopic (exact) mass is 253 g/mol. The summed E-state index contributed by atoms with van der Waals surface area (Å²) in [5.41, 5.74) is 5.96. The van der Waals surface area contributed by atoms with E-state index in [-0.39, 0.29) is 6.04 Å². The maximum Gasteiger partial charge on any atom is 0.234 e. The van der Waals surface area contributed by atoms with Gasteiger partial charge in [0.2, 0.25) is 4.96 Å². The topological polar surface area (TPSA) is 78.3 Å². The number of ether oxygens (including phenoxy) is 1. The first-order chi connectivity index (χ1) is 8.29. The molecule has 0 amide bonds. The molecule has 1 aliphatic carbocycles. The Morgan fingerprint density at radius 2 is 2.35 bits per heavy atom. The van der Waals surface area contributed by atoms with Crippen LogP contribution in [0.3, 0.4) is 0 Å². The Hall–Kier alpha value is -1.05. The van der Waals surface area contributed by atoms with Crippen molar-refractivity contribution in [2.75, 3.05) is 13.7 Å². The molecule has 2 aromatic heterocycles. The van der Waals surface area contributed by atoms with Crippen molar-refractivity contribution in [2.45, 2.75) is 31.2 Å². The number of fused-ring (bicyclic) bond motifs is 1. The van der Waals surface area contributed by atoms with Crippen molar-refractivity contribution in [2.24, 2.45) is 5.73 Å². The summed E-state index contributed by atoms with van der Waals surface area (Å²) in [6, 6.07) is -0.180. The highest BCUT2D eigenvalue weighted by Gasteiger charge is 2.26. The highest BCUT2D eigenvalue weighted by atomic mass is 32.1. The van der Waals surface area contributed by atoms with E-state index in [0.29, 0.717) is 12.5 Å². The number of hydrogen-bond acceptors (Lipinski definition) is 6. The third kappa shape index (κ3) is 1.84. The molecule has 1 atom stereocenters. The standard InChI is InChI=1S/C10H15N5OS/c1-16-5-7(11)9-14-15-8(6-3-2-4-6)12-13-10(15)17-9/h6-7H,2-5,11H2,1H3.